The van der Waals surface area contributed by atoms with E-state index in [2.05, 4.69) is 10.6 Å². The van der Waals surface area contributed by atoms with Crippen LogP contribution in [-0.2, 0) is 0 Å². The minimum atomic E-state index is 0.738. The van der Waals surface area contributed by atoms with Crippen LogP contribution in [0.3, 0.4) is 0 Å². The molecule has 12 heavy (non-hydrogen) atoms. The lowest BCUT2D eigenvalue weighted by Crippen LogP contribution is -2.31. The number of nitrogens with two attached hydrogens (primary N) is 1. The Morgan fingerprint density at radius 2 is 1.67 bits per heavy atom. The fourth-order valence-electron chi connectivity index (χ4n) is 1.24. The van der Waals surface area contributed by atoms with Crippen LogP contribution in [0.25, 0.3) is 0 Å². The van der Waals surface area contributed by atoms with Crippen LogP contribution in [0, 0.1) is 5.92 Å². The number of hydrogen-bond acceptors (Lipinski definition) is 3. The van der Waals surface area contributed by atoms with Gasteiger partial charge in [0.2, 0.25) is 0 Å². The second kappa shape index (κ2) is 6.40. The fraction of sp³-hybridized carbons (Fsp3) is 1.00. The van der Waals surface area contributed by atoms with Crippen LogP contribution < -0.4 is 16.4 Å². The van der Waals surface area contributed by atoms with Gasteiger partial charge in [0.15, 0.2) is 0 Å². The molecule has 4 N–H and O–H groups in total. The molecular formula is C9H21N3. The van der Waals surface area contributed by atoms with Crippen molar-refractivity contribution in [3.05, 3.63) is 0 Å². The molecule has 1 aliphatic rings. The molecule has 0 aromatic carbocycles. The Hall–Kier alpha value is -0.120. The molecule has 0 aromatic heterocycles. The average molecular weight is 171 g/mol. The van der Waals surface area contributed by atoms with Gasteiger partial charge in [0, 0.05) is 26.2 Å². The van der Waals surface area contributed by atoms with Crippen molar-refractivity contribution in [1.29, 1.82) is 0 Å². The first-order valence-corrected chi connectivity index (χ1v) is 5.05. The lowest BCUT2D eigenvalue weighted by molar-refractivity contribution is 0.581. The van der Waals surface area contributed by atoms with Gasteiger partial charge in [-0.3, -0.25) is 0 Å². The summed E-state index contributed by atoms with van der Waals surface area (Å²) in [7, 11) is 0. The Balaban J connectivity index is 1.65. The molecule has 0 amide bonds. The Morgan fingerprint density at radius 3 is 2.25 bits per heavy atom. The van der Waals surface area contributed by atoms with Gasteiger partial charge in [0.05, 0.1) is 0 Å². The van der Waals surface area contributed by atoms with Crippen molar-refractivity contribution >= 4 is 0 Å². The van der Waals surface area contributed by atoms with Crippen molar-refractivity contribution in [3.8, 4) is 0 Å². The Morgan fingerprint density at radius 1 is 1.00 bits per heavy atom. The largest absolute Gasteiger partial charge is 0.329 e. The van der Waals surface area contributed by atoms with Crippen LogP contribution in [-0.4, -0.2) is 32.7 Å². The van der Waals surface area contributed by atoms with Crippen molar-refractivity contribution in [2.45, 2.75) is 19.3 Å². The highest BCUT2D eigenvalue weighted by Gasteiger charge is 2.19. The van der Waals surface area contributed by atoms with E-state index in [1.165, 1.54) is 25.8 Å². The van der Waals surface area contributed by atoms with Gasteiger partial charge < -0.3 is 16.4 Å². The van der Waals surface area contributed by atoms with Gasteiger partial charge in [-0.05, 0) is 18.9 Å². The van der Waals surface area contributed by atoms with E-state index in [0.29, 0.717) is 0 Å². The monoisotopic (exact) mass is 171 g/mol. The first-order chi connectivity index (χ1) is 5.93. The first kappa shape index (κ1) is 9.96. The third-order valence-corrected chi connectivity index (χ3v) is 2.23. The van der Waals surface area contributed by atoms with E-state index in [-0.39, 0.29) is 0 Å². The van der Waals surface area contributed by atoms with E-state index in [1.807, 2.05) is 0 Å². The molecule has 3 nitrogen and oxygen atoms in total. The van der Waals surface area contributed by atoms with Crippen molar-refractivity contribution in [1.82, 2.24) is 10.6 Å². The van der Waals surface area contributed by atoms with E-state index >= 15 is 0 Å². The molecule has 0 aliphatic heterocycles. The molecule has 1 rings (SSSR count). The number of hydrogen-bond donors (Lipinski definition) is 3. The lowest BCUT2D eigenvalue weighted by atomic mass is 10.3. The molecule has 72 valence electrons. The predicted octanol–water partition coefficient (Wildman–Crippen LogP) is -0.0756. The molecule has 1 fully saturated rings. The third kappa shape index (κ3) is 5.52. The Labute approximate surface area is 75.1 Å². The van der Waals surface area contributed by atoms with Crippen LogP contribution in [0.4, 0.5) is 0 Å². The minimum absolute atomic E-state index is 0.738. The highest BCUT2D eigenvalue weighted by Crippen LogP contribution is 2.31. The zero-order valence-electron chi connectivity index (χ0n) is 7.81. The molecule has 0 heterocycles. The standard InChI is InChI=1S/C9H21N3/c10-4-6-12-8-7-11-5-3-9-1-2-9/h9,11-12H,1-8,10H2. The van der Waals surface area contributed by atoms with Crippen molar-refractivity contribution in [2.75, 3.05) is 32.7 Å². The molecular weight excluding hydrogens is 150 g/mol. The van der Waals surface area contributed by atoms with Crippen molar-refractivity contribution in [2.24, 2.45) is 11.7 Å². The summed E-state index contributed by atoms with van der Waals surface area (Å²) in [5, 5.41) is 6.66. The van der Waals surface area contributed by atoms with E-state index in [1.54, 1.807) is 0 Å². The summed E-state index contributed by atoms with van der Waals surface area (Å²) in [6, 6.07) is 0. The summed E-state index contributed by atoms with van der Waals surface area (Å²) in [4.78, 5) is 0. The molecule has 0 spiro atoms. The van der Waals surface area contributed by atoms with Gasteiger partial charge in [-0.1, -0.05) is 12.8 Å². The van der Waals surface area contributed by atoms with E-state index in [0.717, 1.165) is 32.1 Å². The Kier molecular flexibility index (Phi) is 5.32. The summed E-state index contributed by atoms with van der Waals surface area (Å²) >= 11 is 0. The van der Waals surface area contributed by atoms with Crippen LogP contribution in [0.15, 0.2) is 0 Å². The van der Waals surface area contributed by atoms with Crippen LogP contribution in [0.5, 0.6) is 0 Å². The van der Waals surface area contributed by atoms with Crippen LogP contribution >= 0.6 is 0 Å². The molecule has 1 saturated carbocycles. The maximum absolute atomic E-state index is 5.33. The van der Waals surface area contributed by atoms with Crippen molar-refractivity contribution in [3.63, 3.8) is 0 Å². The second-order valence-electron chi connectivity index (χ2n) is 3.52. The van der Waals surface area contributed by atoms with Gasteiger partial charge in [-0.15, -0.1) is 0 Å². The average Bonchev–Trinajstić information content (AvgIpc) is 2.87. The van der Waals surface area contributed by atoms with Gasteiger partial charge in [-0.25, -0.2) is 0 Å². The second-order valence-corrected chi connectivity index (χ2v) is 3.52. The molecule has 0 bridgehead atoms. The van der Waals surface area contributed by atoms with Gasteiger partial charge in [0.1, 0.15) is 0 Å². The van der Waals surface area contributed by atoms with E-state index in [4.69, 9.17) is 5.73 Å². The zero-order chi connectivity index (χ0) is 8.65. The first-order valence-electron chi connectivity index (χ1n) is 5.05. The fourth-order valence-corrected chi connectivity index (χ4v) is 1.24. The summed E-state index contributed by atoms with van der Waals surface area (Å²) in [6.45, 7) is 4.98. The molecule has 1 aliphatic carbocycles. The third-order valence-electron chi connectivity index (χ3n) is 2.23. The SMILES string of the molecule is NCCNCCNCCC1CC1. The smallest absolute Gasteiger partial charge is 0.00772 e. The zero-order valence-corrected chi connectivity index (χ0v) is 7.81. The quantitative estimate of drug-likeness (QED) is 0.448. The summed E-state index contributed by atoms with van der Waals surface area (Å²) in [5.41, 5.74) is 5.33. The maximum atomic E-state index is 5.33. The Bertz CT molecular complexity index is 102. The van der Waals surface area contributed by atoms with Gasteiger partial charge in [0.25, 0.3) is 0 Å². The van der Waals surface area contributed by atoms with E-state index in [9.17, 15) is 0 Å². The normalized spacial score (nSPS) is 16.8. The molecule has 0 aromatic rings. The van der Waals surface area contributed by atoms with Crippen molar-refractivity contribution < 1.29 is 0 Å². The number of nitrogens with one attached hydrogen (secondary N) is 2. The molecule has 0 radical (unpaired) electrons. The lowest BCUT2D eigenvalue weighted by Gasteiger charge is -2.04. The number of rotatable bonds is 8. The molecule has 0 atom stereocenters. The van der Waals surface area contributed by atoms with Gasteiger partial charge in [-0.2, -0.15) is 0 Å². The minimum Gasteiger partial charge on any atom is -0.329 e. The highest BCUT2D eigenvalue weighted by atomic mass is 14.9. The van der Waals surface area contributed by atoms with E-state index < -0.39 is 0 Å². The van der Waals surface area contributed by atoms with Gasteiger partial charge >= 0.3 is 0 Å². The summed E-state index contributed by atoms with van der Waals surface area (Å²) in [6.07, 6.45) is 4.30. The van der Waals surface area contributed by atoms with Crippen LogP contribution in [0.1, 0.15) is 19.3 Å². The predicted molar refractivity (Wildman–Crippen MR) is 52.1 cm³/mol. The summed E-state index contributed by atoms with van der Waals surface area (Å²) in [5.74, 6) is 1.05. The molecule has 0 unspecified atom stereocenters. The topological polar surface area (TPSA) is 50.1 Å². The maximum Gasteiger partial charge on any atom is 0.00772 e. The molecule has 0 saturated heterocycles. The summed E-state index contributed by atoms with van der Waals surface area (Å²) < 4.78 is 0. The highest BCUT2D eigenvalue weighted by molar-refractivity contribution is 4.73. The van der Waals surface area contributed by atoms with Crippen LogP contribution in [0.2, 0.25) is 0 Å². The molecule has 3 heteroatoms.